The van der Waals surface area contributed by atoms with Gasteiger partial charge in [-0.2, -0.15) is 0 Å². The summed E-state index contributed by atoms with van der Waals surface area (Å²) in [6.07, 6.45) is 0. The van der Waals surface area contributed by atoms with E-state index in [1.54, 1.807) is 19.4 Å². The van der Waals surface area contributed by atoms with E-state index in [0.717, 1.165) is 0 Å². The normalized spacial score (nSPS) is 8.60. The Morgan fingerprint density at radius 3 is 1.00 bits per heavy atom. The second-order valence-electron chi connectivity index (χ2n) is 3.91. The molecular formula is C9H22W. The van der Waals surface area contributed by atoms with Crippen molar-refractivity contribution in [1.29, 1.82) is 0 Å². The molecule has 0 aromatic carbocycles. The maximum atomic E-state index is 2.19. The topological polar surface area (TPSA) is 0 Å². The molecule has 0 aromatic heterocycles. The molecule has 0 N–H and O–H groups in total. The fraction of sp³-hybridized carbons (Fsp3) is 0.889. The van der Waals surface area contributed by atoms with Crippen LogP contribution in [-0.4, -0.2) is 3.90 Å². The van der Waals surface area contributed by atoms with E-state index in [0.29, 0.717) is 5.41 Å². The minimum absolute atomic E-state index is 0. The van der Waals surface area contributed by atoms with Crippen molar-refractivity contribution in [2.45, 2.75) is 49.0 Å². The molecule has 0 aromatic rings. The molecule has 0 aliphatic heterocycles. The van der Waals surface area contributed by atoms with Gasteiger partial charge in [-0.1, -0.05) is 35.1 Å². The summed E-state index contributed by atoms with van der Waals surface area (Å²) in [5.41, 5.74) is 0.500. The van der Waals surface area contributed by atoms with Crippen LogP contribution >= 0.6 is 0 Å². The average Bonchev–Trinajstić information content (AvgIpc) is 1.19. The average molecular weight is 314 g/mol. The molecule has 0 amide bonds. The summed E-state index contributed by atoms with van der Waals surface area (Å²) in [5.74, 6) is 0. The van der Waals surface area contributed by atoms with Crippen molar-refractivity contribution in [3.8, 4) is 0 Å². The van der Waals surface area contributed by atoms with Crippen LogP contribution in [0, 0.1) is 5.41 Å². The molecule has 0 rings (SSSR count). The molecule has 1 heteroatoms. The third-order valence-corrected chi connectivity index (χ3v) is 0. The Morgan fingerprint density at radius 1 is 1.00 bits per heavy atom. The summed E-state index contributed by atoms with van der Waals surface area (Å²) in [5, 5.41) is 0. The van der Waals surface area contributed by atoms with Crippen LogP contribution in [0.5, 0.6) is 0 Å². The molecule has 10 heavy (non-hydrogen) atoms. The van der Waals surface area contributed by atoms with Crippen molar-refractivity contribution >= 4 is 3.90 Å². The van der Waals surface area contributed by atoms with Gasteiger partial charge in [0, 0.05) is 0 Å². The Hall–Kier alpha value is 0.558. The van der Waals surface area contributed by atoms with Crippen molar-refractivity contribution < 1.29 is 19.4 Å². The zero-order valence-electron chi connectivity index (χ0n) is 7.41. The van der Waals surface area contributed by atoms with Crippen LogP contribution in [-0.2, 0) is 19.4 Å². The number of hydrogen-bond acceptors (Lipinski definition) is 0. The molecule has 0 saturated heterocycles. The first-order chi connectivity index (χ1) is 3.73. The third-order valence-electron chi connectivity index (χ3n) is 0. The fourth-order valence-electron chi connectivity index (χ4n) is 0. The first kappa shape index (κ1) is 16.9. The second-order valence-corrected chi connectivity index (χ2v) is 6.84. The van der Waals surface area contributed by atoms with Gasteiger partial charge >= 0.3 is 37.1 Å². The van der Waals surface area contributed by atoms with Gasteiger partial charge in [0.25, 0.3) is 0 Å². The minimum atomic E-state index is 0. The Balaban J connectivity index is -0.0000000910. The van der Waals surface area contributed by atoms with Crippen LogP contribution in [0.2, 0.25) is 0 Å². The third kappa shape index (κ3) is 1570. The van der Waals surface area contributed by atoms with Gasteiger partial charge in [0.05, 0.1) is 0 Å². The van der Waals surface area contributed by atoms with E-state index >= 15 is 0 Å². The van der Waals surface area contributed by atoms with Crippen molar-refractivity contribution in [2.24, 2.45) is 5.41 Å². The van der Waals surface area contributed by atoms with Gasteiger partial charge in [-0.15, -0.1) is 0 Å². The summed E-state index contributed by atoms with van der Waals surface area (Å²) in [7, 11) is 0. The van der Waals surface area contributed by atoms with E-state index in [4.69, 9.17) is 0 Å². The van der Waals surface area contributed by atoms with Crippen LogP contribution in [0.3, 0.4) is 0 Å². The summed E-state index contributed by atoms with van der Waals surface area (Å²) in [6, 6.07) is 0. The summed E-state index contributed by atoms with van der Waals surface area (Å²) in [6.45, 7) is 13.0. The van der Waals surface area contributed by atoms with Crippen LogP contribution in [0.1, 0.15) is 49.0 Å². The molecule has 0 heterocycles. The molecule has 0 bridgehead atoms. The van der Waals surface area contributed by atoms with Crippen molar-refractivity contribution in [2.75, 3.05) is 0 Å². The van der Waals surface area contributed by atoms with Gasteiger partial charge in [0.1, 0.15) is 0 Å². The Morgan fingerprint density at radius 2 is 1.00 bits per heavy atom. The predicted molar refractivity (Wildman–Crippen MR) is 48.2 cm³/mol. The first-order valence-electron chi connectivity index (χ1n) is 3.20. The molecule has 0 aliphatic rings. The van der Waals surface area contributed by atoms with E-state index in [1.165, 1.54) is 3.90 Å². The molecular weight excluding hydrogens is 292 g/mol. The van der Waals surface area contributed by atoms with Crippen LogP contribution in [0.4, 0.5) is 0 Å². The van der Waals surface area contributed by atoms with Gasteiger partial charge in [-0.25, -0.2) is 0 Å². The summed E-state index contributed by atoms with van der Waals surface area (Å²) in [4.78, 5) is 0. The fourth-order valence-corrected chi connectivity index (χ4v) is 0. The molecule has 0 spiro atoms. The Labute approximate surface area is 77.8 Å². The number of hydrogen-bond donors (Lipinski definition) is 0. The molecule has 64 valence electrons. The summed E-state index contributed by atoms with van der Waals surface area (Å²) >= 11 is 1.59. The van der Waals surface area contributed by atoms with E-state index in [1.807, 2.05) is 0 Å². The number of rotatable bonds is 0. The van der Waals surface area contributed by atoms with E-state index in [2.05, 4.69) is 41.5 Å². The monoisotopic (exact) mass is 314 g/mol. The molecule has 0 atom stereocenters. The Kier molecular flexibility index (Phi) is 12.9. The zero-order chi connectivity index (χ0) is 8.08. The molecule has 0 aliphatic carbocycles. The van der Waals surface area contributed by atoms with E-state index in [-0.39, 0.29) is 7.43 Å². The first-order valence-corrected chi connectivity index (χ1v) is 4.67. The van der Waals surface area contributed by atoms with Crippen LogP contribution in [0.25, 0.3) is 0 Å². The molecule has 0 saturated carbocycles. The van der Waals surface area contributed by atoms with Gasteiger partial charge in [0.15, 0.2) is 0 Å². The van der Waals surface area contributed by atoms with Crippen LogP contribution in [0.15, 0.2) is 0 Å². The predicted octanol–water partition coefficient (Wildman–Crippen LogP) is 3.43. The van der Waals surface area contributed by atoms with Gasteiger partial charge in [0.2, 0.25) is 0 Å². The van der Waals surface area contributed by atoms with E-state index < -0.39 is 0 Å². The van der Waals surface area contributed by atoms with E-state index in [9.17, 15) is 0 Å². The SMILES string of the molecule is C.CC(C)(C)C.C[C](C)=[W]. The Bertz CT molecular complexity index is 67.2. The van der Waals surface area contributed by atoms with Crippen molar-refractivity contribution in [1.82, 2.24) is 0 Å². The molecule has 0 fully saturated rings. The van der Waals surface area contributed by atoms with Crippen molar-refractivity contribution in [3.05, 3.63) is 0 Å². The van der Waals surface area contributed by atoms with Crippen molar-refractivity contribution in [3.63, 3.8) is 0 Å². The molecule has 0 unspecified atom stereocenters. The zero-order valence-corrected chi connectivity index (χ0v) is 10.3. The quantitative estimate of drug-likeness (QED) is 0.643. The standard InChI is InChI=1S/C5H12.C3H6.CH4.W/c1-5(2,3)4;1-3-2;;/h1-4H3;1-2H3;1H4;. The summed E-state index contributed by atoms with van der Waals surface area (Å²) < 4.78 is 1.50. The molecule has 0 nitrogen and oxygen atoms in total. The van der Waals surface area contributed by atoms with Gasteiger partial charge in [-0.05, 0) is 5.41 Å². The van der Waals surface area contributed by atoms with Crippen LogP contribution < -0.4 is 0 Å². The van der Waals surface area contributed by atoms with Gasteiger partial charge in [-0.3, -0.25) is 0 Å². The molecule has 0 radical (unpaired) electrons. The second kappa shape index (κ2) is 7.66. The van der Waals surface area contributed by atoms with Gasteiger partial charge < -0.3 is 0 Å². The maximum absolute atomic E-state index is 2.19.